The molecule has 7 nitrogen and oxygen atoms in total. The van der Waals surface area contributed by atoms with Crippen molar-refractivity contribution in [3.63, 3.8) is 0 Å². The number of nitrogens with zero attached hydrogens (tertiary/aromatic N) is 1. The summed E-state index contributed by atoms with van der Waals surface area (Å²) in [6.07, 6.45) is 0.847. The first-order valence-corrected chi connectivity index (χ1v) is 12.6. The number of ether oxygens (including phenoxy) is 2. The molecule has 1 atom stereocenters. The molecule has 188 valence electrons. The zero-order valence-corrected chi connectivity index (χ0v) is 21.3. The molecule has 0 saturated carbocycles. The van der Waals surface area contributed by atoms with Crippen molar-refractivity contribution in [1.82, 2.24) is 9.88 Å². The van der Waals surface area contributed by atoms with Crippen molar-refractivity contribution in [2.24, 2.45) is 0 Å². The van der Waals surface area contributed by atoms with Gasteiger partial charge >= 0.3 is 0 Å². The minimum absolute atomic E-state index is 0.0670. The van der Waals surface area contributed by atoms with Gasteiger partial charge in [-0.3, -0.25) is 9.59 Å². The van der Waals surface area contributed by atoms with E-state index in [1.54, 1.807) is 31.5 Å². The number of carbonyl (C=O) groups is 1. The third kappa shape index (κ3) is 6.40. The highest BCUT2D eigenvalue weighted by Gasteiger charge is 2.18. The molecule has 0 fully saturated rings. The van der Waals surface area contributed by atoms with Crippen molar-refractivity contribution in [3.05, 3.63) is 104 Å². The number of thiophene rings is 1. The van der Waals surface area contributed by atoms with E-state index in [4.69, 9.17) is 21.1 Å². The van der Waals surface area contributed by atoms with Gasteiger partial charge in [-0.15, -0.1) is 11.3 Å². The van der Waals surface area contributed by atoms with E-state index in [0.29, 0.717) is 23.6 Å². The fourth-order valence-corrected chi connectivity index (χ4v) is 4.95. The van der Waals surface area contributed by atoms with Crippen molar-refractivity contribution < 1.29 is 19.4 Å². The van der Waals surface area contributed by atoms with E-state index >= 15 is 0 Å². The van der Waals surface area contributed by atoms with Crippen molar-refractivity contribution in [2.45, 2.75) is 25.8 Å². The summed E-state index contributed by atoms with van der Waals surface area (Å²) in [7, 11) is 1.60. The second kappa shape index (κ2) is 12.3. The first kappa shape index (κ1) is 26.1. The van der Waals surface area contributed by atoms with Crippen molar-refractivity contribution >= 4 is 39.1 Å². The molecule has 0 spiro atoms. The zero-order chi connectivity index (χ0) is 25.5. The van der Waals surface area contributed by atoms with E-state index in [9.17, 15) is 14.7 Å². The van der Waals surface area contributed by atoms with E-state index in [-0.39, 0.29) is 30.8 Å². The van der Waals surface area contributed by atoms with Crippen LogP contribution in [0.25, 0.3) is 10.2 Å². The molecule has 2 aromatic carbocycles. The SMILES string of the molecule is COCCn1cc(C(=O)NCc2ccc(Cl)cc2)c(=O)c2cc(COC[C@@H](O)c3ccccc3)sc21. The molecule has 36 heavy (non-hydrogen) atoms. The van der Waals surface area contributed by atoms with Crippen molar-refractivity contribution in [1.29, 1.82) is 0 Å². The van der Waals surface area contributed by atoms with E-state index in [1.165, 1.54) is 11.3 Å². The number of methoxy groups -OCH3 is 1. The van der Waals surface area contributed by atoms with Crippen LogP contribution in [-0.2, 0) is 29.2 Å². The molecule has 0 bridgehead atoms. The van der Waals surface area contributed by atoms with Crippen LogP contribution >= 0.6 is 22.9 Å². The monoisotopic (exact) mass is 526 g/mol. The van der Waals surface area contributed by atoms with Gasteiger partial charge < -0.3 is 24.5 Å². The van der Waals surface area contributed by atoms with Gasteiger partial charge in [-0.25, -0.2) is 0 Å². The Labute approximate surface area is 217 Å². The molecule has 0 radical (unpaired) electrons. The van der Waals surface area contributed by atoms with Gasteiger partial charge in [0.2, 0.25) is 5.43 Å². The molecule has 2 heterocycles. The van der Waals surface area contributed by atoms with Gasteiger partial charge in [-0.1, -0.05) is 54.1 Å². The molecule has 0 unspecified atom stereocenters. The Morgan fingerprint density at radius 2 is 1.92 bits per heavy atom. The van der Waals surface area contributed by atoms with Gasteiger partial charge in [0.25, 0.3) is 5.91 Å². The predicted octanol–water partition coefficient (Wildman–Crippen LogP) is 4.54. The number of aliphatic hydroxyl groups is 1. The summed E-state index contributed by atoms with van der Waals surface area (Å²) in [5.41, 5.74) is 1.39. The Morgan fingerprint density at radius 3 is 2.64 bits per heavy atom. The van der Waals surface area contributed by atoms with Gasteiger partial charge in [-0.05, 0) is 29.3 Å². The third-order valence-corrected chi connectivity index (χ3v) is 7.05. The summed E-state index contributed by atoms with van der Waals surface area (Å²) in [6, 6.07) is 18.2. The summed E-state index contributed by atoms with van der Waals surface area (Å²) in [5, 5.41) is 14.2. The summed E-state index contributed by atoms with van der Waals surface area (Å²) in [4.78, 5) is 27.7. The number of carbonyl (C=O) groups excluding carboxylic acids is 1. The molecule has 0 saturated heterocycles. The molecular weight excluding hydrogens is 500 g/mol. The predicted molar refractivity (Wildman–Crippen MR) is 142 cm³/mol. The summed E-state index contributed by atoms with van der Waals surface area (Å²) in [6.45, 7) is 1.56. The fraction of sp³-hybridized carbons (Fsp3) is 0.259. The van der Waals surface area contributed by atoms with Gasteiger partial charge in [0.15, 0.2) is 0 Å². The maximum atomic E-state index is 13.2. The Kier molecular flexibility index (Phi) is 8.90. The van der Waals surface area contributed by atoms with Crippen molar-refractivity contribution in [2.75, 3.05) is 20.3 Å². The van der Waals surface area contributed by atoms with Crippen LogP contribution in [0.3, 0.4) is 0 Å². The lowest BCUT2D eigenvalue weighted by atomic mass is 10.1. The van der Waals surface area contributed by atoms with E-state index in [2.05, 4.69) is 5.32 Å². The normalized spacial score (nSPS) is 12.1. The molecule has 2 aromatic heterocycles. The maximum Gasteiger partial charge on any atom is 0.257 e. The maximum absolute atomic E-state index is 13.2. The number of halogens is 1. The second-order valence-electron chi connectivity index (χ2n) is 8.24. The van der Waals surface area contributed by atoms with Crippen LogP contribution in [0.5, 0.6) is 0 Å². The standard InChI is InChI=1S/C27H27ClN2O5S/c1-34-12-11-30-15-23(26(33)29-14-18-7-9-20(28)10-8-18)25(32)22-13-21(36-27(22)30)16-35-17-24(31)19-5-3-2-4-6-19/h2-10,13,15,24,31H,11-12,14,16-17H2,1H3,(H,29,33)/t24-/m1/s1. The number of aromatic nitrogens is 1. The molecule has 0 aliphatic heterocycles. The zero-order valence-electron chi connectivity index (χ0n) is 19.8. The van der Waals surface area contributed by atoms with Crippen LogP contribution in [0.4, 0.5) is 0 Å². The molecule has 1 amide bonds. The average molecular weight is 527 g/mol. The number of hydrogen-bond donors (Lipinski definition) is 2. The lowest BCUT2D eigenvalue weighted by molar-refractivity contribution is 0.0287. The number of fused-ring (bicyclic) bond motifs is 1. The highest BCUT2D eigenvalue weighted by molar-refractivity contribution is 7.18. The van der Waals surface area contributed by atoms with Crippen molar-refractivity contribution in [3.8, 4) is 0 Å². The molecule has 9 heteroatoms. The number of hydrogen-bond acceptors (Lipinski definition) is 6. The Balaban J connectivity index is 1.52. The van der Waals surface area contributed by atoms with Gasteiger partial charge in [0, 0.05) is 36.3 Å². The van der Waals surface area contributed by atoms with Crippen LogP contribution in [0.15, 0.2) is 71.7 Å². The van der Waals surface area contributed by atoms with E-state index in [1.807, 2.05) is 47.0 Å². The second-order valence-corrected chi connectivity index (χ2v) is 9.79. The lowest BCUT2D eigenvalue weighted by Gasteiger charge is -2.11. The first-order chi connectivity index (χ1) is 17.5. The topological polar surface area (TPSA) is 89.8 Å². The number of amides is 1. The summed E-state index contributed by atoms with van der Waals surface area (Å²) >= 11 is 7.35. The average Bonchev–Trinajstić information content (AvgIpc) is 3.33. The van der Waals surface area contributed by atoms with Crippen LogP contribution in [-0.4, -0.2) is 35.9 Å². The van der Waals surface area contributed by atoms with E-state index < -0.39 is 12.0 Å². The number of benzene rings is 2. The molecule has 2 N–H and O–H groups in total. The number of aliphatic hydroxyl groups excluding tert-OH is 1. The number of pyridine rings is 1. The summed E-state index contributed by atoms with van der Waals surface area (Å²) < 4.78 is 12.8. The highest BCUT2D eigenvalue weighted by atomic mass is 35.5. The quantitative estimate of drug-likeness (QED) is 0.299. The third-order valence-electron chi connectivity index (χ3n) is 5.65. The van der Waals surface area contributed by atoms with Gasteiger partial charge in [0.05, 0.1) is 25.2 Å². The molecule has 0 aliphatic rings. The minimum Gasteiger partial charge on any atom is -0.386 e. The first-order valence-electron chi connectivity index (χ1n) is 11.4. The Hall–Kier alpha value is -3.01. The number of nitrogens with one attached hydrogen (secondary N) is 1. The highest BCUT2D eigenvalue weighted by Crippen LogP contribution is 2.25. The molecule has 4 rings (SSSR count). The lowest BCUT2D eigenvalue weighted by Crippen LogP contribution is -2.29. The smallest absolute Gasteiger partial charge is 0.257 e. The summed E-state index contributed by atoms with van der Waals surface area (Å²) in [5.74, 6) is -0.446. The number of rotatable bonds is 11. The Bertz CT molecular complexity index is 1370. The Morgan fingerprint density at radius 1 is 1.17 bits per heavy atom. The minimum atomic E-state index is -0.738. The largest absolute Gasteiger partial charge is 0.386 e. The molecule has 0 aliphatic carbocycles. The van der Waals surface area contributed by atoms with Gasteiger partial charge in [0.1, 0.15) is 16.5 Å². The van der Waals surface area contributed by atoms with E-state index in [0.717, 1.165) is 20.8 Å². The van der Waals surface area contributed by atoms with Crippen LogP contribution in [0.2, 0.25) is 5.02 Å². The molecular formula is C27H27ClN2O5S. The molecule has 4 aromatic rings. The fourth-order valence-electron chi connectivity index (χ4n) is 3.74. The van der Waals surface area contributed by atoms with Crippen LogP contribution < -0.4 is 10.7 Å². The van der Waals surface area contributed by atoms with Crippen LogP contribution in [0.1, 0.15) is 32.5 Å². The van der Waals surface area contributed by atoms with Gasteiger partial charge in [-0.2, -0.15) is 0 Å². The van der Waals surface area contributed by atoms with Crippen LogP contribution in [0, 0.1) is 0 Å².